The van der Waals surface area contributed by atoms with Crippen LogP contribution in [0.1, 0.15) is 0 Å². The van der Waals surface area contributed by atoms with Gasteiger partial charge in [0.2, 0.25) is 0 Å². The lowest BCUT2D eigenvalue weighted by atomic mass is 10.1. The summed E-state index contributed by atoms with van der Waals surface area (Å²) in [5.41, 5.74) is 14.6. The van der Waals surface area contributed by atoms with Crippen LogP contribution in [0.2, 0.25) is 0 Å². The van der Waals surface area contributed by atoms with Crippen LogP contribution in [0.3, 0.4) is 0 Å². The second-order valence-corrected chi connectivity index (χ2v) is 12.9. The third-order valence-corrected chi connectivity index (χ3v) is 9.08. The van der Waals surface area contributed by atoms with Crippen LogP contribution in [0.25, 0.3) is 32.7 Å². The molecule has 6 N–H and O–H groups in total. The van der Waals surface area contributed by atoms with Crippen LogP contribution in [0.5, 0.6) is 0 Å². The Morgan fingerprint density at radius 1 is 0.478 bits per heavy atom. The van der Waals surface area contributed by atoms with Gasteiger partial charge in [-0.1, -0.05) is 72.8 Å². The Labute approximate surface area is 263 Å². The van der Waals surface area contributed by atoms with Crippen molar-refractivity contribution in [3.8, 4) is 11.1 Å². The van der Waals surface area contributed by atoms with Crippen LogP contribution in [-0.4, -0.2) is 25.9 Å². The van der Waals surface area contributed by atoms with Crippen molar-refractivity contribution in [2.45, 2.75) is 9.79 Å². The quantitative estimate of drug-likeness (QED) is 0.0749. The van der Waals surface area contributed by atoms with Gasteiger partial charge >= 0.3 is 0 Å². The molecule has 0 fully saturated rings. The lowest BCUT2D eigenvalue weighted by Gasteiger charge is -2.10. The van der Waals surface area contributed by atoms with E-state index in [2.05, 4.69) is 20.5 Å². The van der Waals surface area contributed by atoms with Crippen molar-refractivity contribution >= 4 is 75.9 Å². The van der Waals surface area contributed by atoms with Gasteiger partial charge in [0, 0.05) is 10.8 Å². The molecule has 0 unspecified atom stereocenters. The van der Waals surface area contributed by atoms with Crippen molar-refractivity contribution in [3.05, 3.63) is 109 Å². The standard InChI is InChI=1S/C32H24N6O6S2/c33-29-27(17-21-5-1-3-7-25(21)31(29)45(39,40)41)37-35-23-13-9-19(10-14-23)20-11-15-24(16-12-20)36-38-28-18-22-6-2-4-8-26(22)32(30(28)34)46(42,43)44/h1-18H,33-34H2,(H,39,40,41)(H,42,43,44)/b37-35+,38-36+. The van der Waals surface area contributed by atoms with E-state index in [-0.39, 0.29) is 33.5 Å². The first-order valence-electron chi connectivity index (χ1n) is 13.5. The van der Waals surface area contributed by atoms with Crippen LogP contribution >= 0.6 is 0 Å². The first-order valence-corrected chi connectivity index (χ1v) is 16.4. The first-order chi connectivity index (χ1) is 21.9. The SMILES string of the molecule is Nc1c(/N=N/c2ccc(-c3ccc(/N=N/c4cc5ccccc5c(S(=O)(=O)O)c4N)cc3)cc2)cc2ccccc2c1S(=O)(=O)O. The number of nitrogens with zero attached hydrogens (tertiary/aromatic N) is 4. The van der Waals surface area contributed by atoms with Crippen molar-refractivity contribution in [1.29, 1.82) is 0 Å². The Morgan fingerprint density at radius 3 is 1.17 bits per heavy atom. The number of rotatable bonds is 7. The normalized spacial score (nSPS) is 12.5. The Kier molecular flexibility index (Phi) is 7.79. The number of nitrogens with two attached hydrogens (primary N) is 2. The zero-order valence-corrected chi connectivity index (χ0v) is 25.3. The van der Waals surface area contributed by atoms with E-state index in [4.69, 9.17) is 11.5 Å². The summed E-state index contributed by atoms with van der Waals surface area (Å²) in [6, 6.07) is 30.6. The summed E-state index contributed by atoms with van der Waals surface area (Å²) in [6.07, 6.45) is 0. The molecule has 0 bridgehead atoms. The number of nitrogen functional groups attached to an aromatic ring is 2. The summed E-state index contributed by atoms with van der Waals surface area (Å²) >= 11 is 0. The Bertz CT molecular complexity index is 2260. The predicted molar refractivity (Wildman–Crippen MR) is 177 cm³/mol. The Hall–Kier alpha value is -5.54. The van der Waals surface area contributed by atoms with Gasteiger partial charge < -0.3 is 11.5 Å². The molecule has 0 radical (unpaired) electrons. The maximum Gasteiger partial charge on any atom is 0.297 e. The van der Waals surface area contributed by atoms with Gasteiger partial charge in [0.15, 0.2) is 0 Å². The topological polar surface area (TPSA) is 210 Å². The van der Waals surface area contributed by atoms with Crippen LogP contribution in [0.4, 0.5) is 34.1 Å². The van der Waals surface area contributed by atoms with Crippen LogP contribution in [-0.2, 0) is 20.2 Å². The van der Waals surface area contributed by atoms with Crippen molar-refractivity contribution < 1.29 is 25.9 Å². The van der Waals surface area contributed by atoms with E-state index in [9.17, 15) is 25.9 Å². The number of fused-ring (bicyclic) bond motifs is 2. The minimum Gasteiger partial charge on any atom is -0.396 e. The van der Waals surface area contributed by atoms with E-state index in [0.29, 0.717) is 22.1 Å². The fourth-order valence-corrected chi connectivity index (χ4v) is 6.71. The average Bonchev–Trinajstić information content (AvgIpc) is 3.02. The van der Waals surface area contributed by atoms with E-state index in [1.807, 2.05) is 24.3 Å². The number of benzene rings is 6. The molecule has 0 amide bonds. The Morgan fingerprint density at radius 2 is 0.826 bits per heavy atom. The molecule has 230 valence electrons. The molecular formula is C32H24N6O6S2. The van der Waals surface area contributed by atoms with Crippen LogP contribution in [0, 0.1) is 0 Å². The lowest BCUT2D eigenvalue weighted by Crippen LogP contribution is -2.04. The monoisotopic (exact) mass is 652 g/mol. The molecule has 14 heteroatoms. The summed E-state index contributed by atoms with van der Waals surface area (Å²) in [4.78, 5) is -0.831. The minimum atomic E-state index is -4.62. The van der Waals surface area contributed by atoms with Crippen LogP contribution < -0.4 is 11.5 Å². The third kappa shape index (κ3) is 6.05. The molecule has 0 heterocycles. The molecule has 6 rings (SSSR count). The molecule has 46 heavy (non-hydrogen) atoms. The second kappa shape index (κ2) is 11.8. The maximum atomic E-state index is 12.0. The van der Waals surface area contributed by atoms with Gasteiger partial charge in [-0.3, -0.25) is 9.11 Å². The van der Waals surface area contributed by atoms with Gasteiger partial charge in [-0.2, -0.15) is 27.1 Å². The molecule has 6 aromatic rings. The zero-order valence-electron chi connectivity index (χ0n) is 23.7. The molecule has 0 atom stereocenters. The average molecular weight is 653 g/mol. The van der Waals surface area contributed by atoms with E-state index >= 15 is 0 Å². The minimum absolute atomic E-state index is 0.0970. The van der Waals surface area contributed by atoms with Crippen molar-refractivity contribution in [1.82, 2.24) is 0 Å². The van der Waals surface area contributed by atoms with Gasteiger partial charge in [0.1, 0.15) is 21.2 Å². The highest BCUT2D eigenvalue weighted by molar-refractivity contribution is 7.86. The highest BCUT2D eigenvalue weighted by Crippen LogP contribution is 2.39. The van der Waals surface area contributed by atoms with Crippen molar-refractivity contribution in [2.75, 3.05) is 11.5 Å². The zero-order chi connectivity index (χ0) is 32.6. The largest absolute Gasteiger partial charge is 0.396 e. The predicted octanol–water partition coefficient (Wildman–Crippen LogP) is 8.15. The molecule has 0 aliphatic heterocycles. The van der Waals surface area contributed by atoms with Crippen molar-refractivity contribution in [3.63, 3.8) is 0 Å². The molecule has 12 nitrogen and oxygen atoms in total. The molecule has 0 aromatic heterocycles. The lowest BCUT2D eigenvalue weighted by molar-refractivity contribution is 0.482. The first kappa shape index (κ1) is 30.5. The number of anilines is 2. The van der Waals surface area contributed by atoms with E-state index in [0.717, 1.165) is 11.1 Å². The summed E-state index contributed by atoms with van der Waals surface area (Å²) in [5, 5.41) is 18.3. The van der Waals surface area contributed by atoms with E-state index in [1.165, 1.54) is 0 Å². The fourth-order valence-electron chi connectivity index (χ4n) is 5.02. The Balaban J connectivity index is 1.22. The number of hydrogen-bond donors (Lipinski definition) is 4. The summed E-state index contributed by atoms with van der Waals surface area (Å²) in [5.74, 6) is 0. The third-order valence-electron chi connectivity index (χ3n) is 7.17. The number of azo groups is 2. The second-order valence-electron chi connectivity index (χ2n) is 10.2. The number of hydrogen-bond acceptors (Lipinski definition) is 10. The smallest absolute Gasteiger partial charge is 0.297 e. The molecule has 0 saturated carbocycles. The molecule has 6 aromatic carbocycles. The summed E-state index contributed by atoms with van der Waals surface area (Å²) in [6.45, 7) is 0. The highest BCUT2D eigenvalue weighted by Gasteiger charge is 2.22. The molecule has 0 aliphatic rings. The van der Waals surface area contributed by atoms with Gasteiger partial charge in [0.25, 0.3) is 20.2 Å². The maximum absolute atomic E-state index is 12.0. The van der Waals surface area contributed by atoms with Gasteiger partial charge in [-0.15, -0.1) is 10.2 Å². The van der Waals surface area contributed by atoms with E-state index in [1.54, 1.807) is 84.9 Å². The van der Waals surface area contributed by atoms with Gasteiger partial charge in [-0.05, 0) is 58.3 Å². The van der Waals surface area contributed by atoms with Crippen LogP contribution in [0.15, 0.2) is 139 Å². The molecular weight excluding hydrogens is 629 g/mol. The highest BCUT2D eigenvalue weighted by atomic mass is 32.2. The molecule has 0 aliphatic carbocycles. The van der Waals surface area contributed by atoms with E-state index < -0.39 is 30.0 Å². The molecule has 0 spiro atoms. The fraction of sp³-hybridized carbons (Fsp3) is 0. The molecule has 0 saturated heterocycles. The summed E-state index contributed by atoms with van der Waals surface area (Å²) in [7, 11) is -9.23. The van der Waals surface area contributed by atoms with Crippen molar-refractivity contribution in [2.24, 2.45) is 20.5 Å². The summed E-state index contributed by atoms with van der Waals surface area (Å²) < 4.78 is 67.7. The van der Waals surface area contributed by atoms with Gasteiger partial charge in [-0.25, -0.2) is 0 Å². The van der Waals surface area contributed by atoms with Gasteiger partial charge in [0.05, 0.1) is 22.7 Å².